The van der Waals surface area contributed by atoms with Crippen LogP contribution in [0.4, 0.5) is 11.4 Å². The summed E-state index contributed by atoms with van der Waals surface area (Å²) in [5.41, 5.74) is 3.75. The predicted octanol–water partition coefficient (Wildman–Crippen LogP) is 5.87. The fraction of sp³-hybridized carbons (Fsp3) is 0.179. The first-order valence-corrected chi connectivity index (χ1v) is 12.3. The molecule has 0 aromatic heterocycles. The summed E-state index contributed by atoms with van der Waals surface area (Å²) >= 11 is 2.08. The van der Waals surface area contributed by atoms with E-state index >= 15 is 0 Å². The Kier molecular flexibility index (Phi) is 9.47. The third-order valence-electron chi connectivity index (χ3n) is 5.17. The van der Waals surface area contributed by atoms with Crippen LogP contribution in [0.25, 0.3) is 6.08 Å². The van der Waals surface area contributed by atoms with Gasteiger partial charge in [-0.25, -0.2) is 0 Å². The summed E-state index contributed by atoms with van der Waals surface area (Å²) < 4.78 is 12.2. The molecule has 8 heteroatoms. The Morgan fingerprint density at radius 3 is 2.17 bits per heavy atom. The van der Waals surface area contributed by atoms with E-state index in [9.17, 15) is 14.9 Å². The molecule has 0 aliphatic carbocycles. The lowest BCUT2D eigenvalue weighted by molar-refractivity contribution is -0.118. The molecule has 184 valence electrons. The third-order valence-corrected chi connectivity index (χ3v) is 5.97. The highest BCUT2D eigenvalue weighted by Gasteiger charge is 2.16. The molecule has 0 unspecified atom stereocenters. The van der Waals surface area contributed by atoms with Crippen LogP contribution in [0.1, 0.15) is 23.6 Å². The molecule has 0 radical (unpaired) electrons. The van der Waals surface area contributed by atoms with Crippen LogP contribution in [-0.2, 0) is 9.59 Å². The van der Waals surface area contributed by atoms with Gasteiger partial charge in [0.05, 0.1) is 10.2 Å². The van der Waals surface area contributed by atoms with Gasteiger partial charge in [0.15, 0.2) is 18.1 Å². The van der Waals surface area contributed by atoms with Crippen molar-refractivity contribution < 1.29 is 19.1 Å². The highest BCUT2D eigenvalue weighted by molar-refractivity contribution is 14.1. The van der Waals surface area contributed by atoms with Crippen LogP contribution in [0.2, 0.25) is 0 Å². The molecule has 0 bridgehead atoms. The number of hydrogen-bond acceptors (Lipinski definition) is 5. The van der Waals surface area contributed by atoms with Crippen molar-refractivity contribution in [3.8, 4) is 17.6 Å². The molecular formula is C28H26IN3O4. The molecule has 0 spiro atoms. The Morgan fingerprint density at radius 2 is 1.58 bits per heavy atom. The number of aryl methyl sites for hydroxylation is 2. The van der Waals surface area contributed by atoms with Crippen LogP contribution in [0.15, 0.2) is 66.2 Å². The Balaban J connectivity index is 1.79. The molecule has 7 nitrogen and oxygen atoms in total. The van der Waals surface area contributed by atoms with Gasteiger partial charge in [0.2, 0.25) is 0 Å². The topological polar surface area (TPSA) is 100 Å². The lowest BCUT2D eigenvalue weighted by Crippen LogP contribution is -2.21. The Morgan fingerprint density at radius 1 is 0.972 bits per heavy atom. The van der Waals surface area contributed by atoms with E-state index in [1.165, 1.54) is 6.08 Å². The van der Waals surface area contributed by atoms with E-state index in [-0.39, 0.29) is 18.1 Å². The third kappa shape index (κ3) is 7.09. The smallest absolute Gasteiger partial charge is 0.266 e. The minimum Gasteiger partial charge on any atom is -0.490 e. The van der Waals surface area contributed by atoms with Gasteiger partial charge >= 0.3 is 0 Å². The number of anilines is 2. The summed E-state index contributed by atoms with van der Waals surface area (Å²) in [4.78, 5) is 25.2. The Labute approximate surface area is 224 Å². The van der Waals surface area contributed by atoms with Crippen LogP contribution in [0.5, 0.6) is 11.5 Å². The van der Waals surface area contributed by atoms with E-state index in [4.69, 9.17) is 9.47 Å². The zero-order valence-corrected chi connectivity index (χ0v) is 22.4. The molecule has 2 amide bonds. The van der Waals surface area contributed by atoms with Crippen LogP contribution in [-0.4, -0.2) is 25.0 Å². The highest BCUT2D eigenvalue weighted by Crippen LogP contribution is 2.35. The highest BCUT2D eigenvalue weighted by atomic mass is 127. The van der Waals surface area contributed by atoms with E-state index < -0.39 is 5.91 Å². The lowest BCUT2D eigenvalue weighted by atomic mass is 10.1. The SMILES string of the molecule is CCOc1cc(/C=C(/C#N)C(=O)Nc2ccccc2C)cc(I)c1OCC(=O)Nc1ccccc1C. The summed E-state index contributed by atoms with van der Waals surface area (Å²) in [6.07, 6.45) is 1.49. The first-order valence-electron chi connectivity index (χ1n) is 11.3. The number of amides is 2. The molecule has 0 aliphatic heterocycles. The lowest BCUT2D eigenvalue weighted by Gasteiger charge is -2.15. The van der Waals surface area contributed by atoms with Crippen molar-refractivity contribution in [3.63, 3.8) is 0 Å². The summed E-state index contributed by atoms with van der Waals surface area (Å²) in [6.45, 7) is 5.79. The molecule has 2 N–H and O–H groups in total. The minimum absolute atomic E-state index is 0.0530. The number of carbonyl (C=O) groups is 2. The second kappa shape index (κ2) is 12.7. The summed E-state index contributed by atoms with van der Waals surface area (Å²) in [6, 6.07) is 20.2. The van der Waals surface area contributed by atoms with Gasteiger partial charge in [0.25, 0.3) is 11.8 Å². The van der Waals surface area contributed by atoms with Crippen molar-refractivity contribution in [2.24, 2.45) is 0 Å². The molecule has 0 heterocycles. The maximum absolute atomic E-state index is 12.7. The molecule has 0 fully saturated rings. The zero-order valence-electron chi connectivity index (χ0n) is 20.2. The number of nitrogens with zero attached hydrogens (tertiary/aromatic N) is 1. The number of para-hydroxylation sites is 2. The van der Waals surface area contributed by atoms with Crippen LogP contribution < -0.4 is 20.1 Å². The number of carbonyl (C=O) groups excluding carboxylic acids is 2. The van der Waals surface area contributed by atoms with Gasteiger partial charge in [-0.15, -0.1) is 0 Å². The van der Waals surface area contributed by atoms with Gasteiger partial charge in [0.1, 0.15) is 11.6 Å². The normalized spacial score (nSPS) is 10.8. The second-order valence-electron chi connectivity index (χ2n) is 7.85. The van der Waals surface area contributed by atoms with Gasteiger partial charge in [-0.3, -0.25) is 9.59 Å². The van der Waals surface area contributed by atoms with Gasteiger partial charge in [-0.1, -0.05) is 36.4 Å². The molecule has 0 saturated carbocycles. The number of ether oxygens (including phenoxy) is 2. The molecule has 0 aliphatic rings. The van der Waals surface area contributed by atoms with Crippen molar-refractivity contribution in [2.45, 2.75) is 20.8 Å². The van der Waals surface area contributed by atoms with Crippen LogP contribution in [0, 0.1) is 28.7 Å². The number of hydrogen-bond donors (Lipinski definition) is 2. The van der Waals surface area contributed by atoms with E-state index in [2.05, 4.69) is 33.2 Å². The standard InChI is InChI=1S/C28H26IN3O4/c1-4-35-25-15-20(13-21(16-30)28(34)32-24-12-8-6-10-19(24)3)14-22(29)27(25)36-17-26(33)31-23-11-7-5-9-18(23)2/h5-15H,4,17H2,1-3H3,(H,31,33)(H,32,34)/b21-13-. The van der Waals surface area contributed by atoms with E-state index in [1.54, 1.807) is 18.2 Å². The van der Waals surface area contributed by atoms with Crippen molar-refractivity contribution in [2.75, 3.05) is 23.8 Å². The van der Waals surface area contributed by atoms with Gasteiger partial charge in [-0.05, 0) is 90.4 Å². The largest absolute Gasteiger partial charge is 0.490 e. The molecule has 0 atom stereocenters. The van der Waals surface area contributed by atoms with E-state index in [0.717, 1.165) is 16.8 Å². The monoisotopic (exact) mass is 595 g/mol. The first kappa shape index (κ1) is 26.8. The number of nitrogens with one attached hydrogen (secondary N) is 2. The zero-order chi connectivity index (χ0) is 26.1. The molecular weight excluding hydrogens is 569 g/mol. The maximum atomic E-state index is 12.7. The molecule has 3 aromatic rings. The van der Waals surface area contributed by atoms with Gasteiger partial charge in [0, 0.05) is 11.4 Å². The summed E-state index contributed by atoms with van der Waals surface area (Å²) in [5, 5.41) is 15.2. The van der Waals surface area contributed by atoms with Crippen LogP contribution >= 0.6 is 22.6 Å². The molecule has 0 saturated heterocycles. The summed E-state index contributed by atoms with van der Waals surface area (Å²) in [7, 11) is 0. The number of benzene rings is 3. The van der Waals surface area contributed by atoms with E-state index in [0.29, 0.717) is 32.9 Å². The fourth-order valence-corrected chi connectivity index (χ4v) is 4.11. The molecule has 3 rings (SSSR count). The maximum Gasteiger partial charge on any atom is 0.266 e. The van der Waals surface area contributed by atoms with Gasteiger partial charge in [-0.2, -0.15) is 5.26 Å². The summed E-state index contributed by atoms with van der Waals surface area (Å²) in [5.74, 6) is 0.0208. The number of rotatable bonds is 9. The van der Waals surface area contributed by atoms with E-state index in [1.807, 2.05) is 69.3 Å². The Hall–Kier alpha value is -3.84. The average molecular weight is 595 g/mol. The van der Waals surface area contributed by atoms with Crippen molar-refractivity contribution in [3.05, 3.63) is 86.5 Å². The number of halogens is 1. The quantitative estimate of drug-likeness (QED) is 0.183. The first-order chi connectivity index (χ1) is 17.3. The van der Waals surface area contributed by atoms with Crippen molar-refractivity contribution >= 4 is 51.9 Å². The predicted molar refractivity (Wildman–Crippen MR) is 149 cm³/mol. The number of nitriles is 1. The van der Waals surface area contributed by atoms with Crippen molar-refractivity contribution in [1.29, 1.82) is 5.26 Å². The van der Waals surface area contributed by atoms with Crippen LogP contribution in [0.3, 0.4) is 0 Å². The molecule has 3 aromatic carbocycles. The van der Waals surface area contributed by atoms with Gasteiger partial charge < -0.3 is 20.1 Å². The fourth-order valence-electron chi connectivity index (χ4n) is 3.33. The molecule has 36 heavy (non-hydrogen) atoms. The van der Waals surface area contributed by atoms with Crippen molar-refractivity contribution in [1.82, 2.24) is 0 Å². The minimum atomic E-state index is -0.507. The Bertz CT molecular complexity index is 1340. The second-order valence-corrected chi connectivity index (χ2v) is 9.02. The average Bonchev–Trinajstić information content (AvgIpc) is 2.85.